The second-order valence-electron chi connectivity index (χ2n) is 5.20. The molecule has 0 unspecified atom stereocenters. The van der Waals surface area contributed by atoms with E-state index in [1.165, 1.54) is 0 Å². The number of hydrogen-bond acceptors (Lipinski definition) is 3. The average Bonchev–Trinajstić information content (AvgIpc) is 2.63. The van der Waals surface area contributed by atoms with E-state index in [4.69, 9.17) is 21.1 Å². The standard InChI is InChI=1S/C19H22ClNO3/c1-3-6-15(4-2)7-5-10-21(19(22)14-20)16-8-9-17-18(13-16)24-12-11-23-17/h3,5-9,13H,1,4,10-12,14H2,2H3/b7-5+,15-6+. The van der Waals surface area contributed by atoms with Crippen LogP contribution in [0.25, 0.3) is 0 Å². The van der Waals surface area contributed by atoms with Gasteiger partial charge in [0.2, 0.25) is 5.91 Å². The van der Waals surface area contributed by atoms with Gasteiger partial charge in [-0.25, -0.2) is 0 Å². The highest BCUT2D eigenvalue weighted by atomic mass is 35.5. The zero-order chi connectivity index (χ0) is 17.4. The van der Waals surface area contributed by atoms with Crippen molar-refractivity contribution in [2.45, 2.75) is 13.3 Å². The van der Waals surface area contributed by atoms with Crippen LogP contribution in [-0.2, 0) is 4.79 Å². The SMILES string of the molecule is C=C/C=C(/C=C/CN(C(=O)CCl)c1ccc2c(c1)OCCO2)CC. The summed E-state index contributed by atoms with van der Waals surface area (Å²) in [5.74, 6) is 1.10. The minimum atomic E-state index is -0.163. The van der Waals surface area contributed by atoms with E-state index >= 15 is 0 Å². The number of anilines is 1. The molecule has 0 bridgehead atoms. The van der Waals surface area contributed by atoms with Crippen molar-refractivity contribution in [3.8, 4) is 11.5 Å². The van der Waals surface area contributed by atoms with Gasteiger partial charge in [-0.1, -0.05) is 37.8 Å². The maximum absolute atomic E-state index is 12.2. The van der Waals surface area contributed by atoms with Crippen molar-refractivity contribution in [1.82, 2.24) is 0 Å². The number of halogens is 1. The Morgan fingerprint density at radius 1 is 1.33 bits per heavy atom. The van der Waals surface area contributed by atoms with Crippen LogP contribution < -0.4 is 14.4 Å². The molecule has 0 aromatic heterocycles. The number of ether oxygens (including phenoxy) is 2. The van der Waals surface area contributed by atoms with Crippen molar-refractivity contribution in [2.24, 2.45) is 0 Å². The van der Waals surface area contributed by atoms with E-state index in [1.807, 2.05) is 36.4 Å². The quantitative estimate of drug-likeness (QED) is 0.550. The number of amides is 1. The predicted octanol–water partition coefficient (Wildman–Crippen LogP) is 4.11. The number of alkyl halides is 1. The Labute approximate surface area is 148 Å². The minimum Gasteiger partial charge on any atom is -0.486 e. The summed E-state index contributed by atoms with van der Waals surface area (Å²) in [7, 11) is 0. The third-order valence-corrected chi connectivity index (χ3v) is 3.84. The molecule has 1 heterocycles. The Morgan fingerprint density at radius 2 is 2.08 bits per heavy atom. The van der Waals surface area contributed by atoms with Crippen molar-refractivity contribution in [3.63, 3.8) is 0 Å². The minimum absolute atomic E-state index is 0.0780. The molecule has 2 rings (SSSR count). The van der Waals surface area contributed by atoms with Gasteiger partial charge in [-0.2, -0.15) is 0 Å². The van der Waals surface area contributed by atoms with Crippen LogP contribution in [0.2, 0.25) is 0 Å². The first-order valence-electron chi connectivity index (χ1n) is 7.93. The first-order valence-corrected chi connectivity index (χ1v) is 8.47. The molecule has 24 heavy (non-hydrogen) atoms. The van der Waals surface area contributed by atoms with E-state index in [0.717, 1.165) is 17.7 Å². The lowest BCUT2D eigenvalue weighted by atomic mass is 10.1. The number of nitrogens with zero attached hydrogens (tertiary/aromatic N) is 1. The molecule has 1 aromatic carbocycles. The molecule has 0 N–H and O–H groups in total. The van der Waals surface area contributed by atoms with Crippen LogP contribution in [-0.4, -0.2) is 31.5 Å². The zero-order valence-corrected chi connectivity index (χ0v) is 14.6. The molecule has 0 saturated heterocycles. The molecule has 0 saturated carbocycles. The van der Waals surface area contributed by atoms with Crippen molar-refractivity contribution in [3.05, 3.63) is 54.7 Å². The largest absolute Gasteiger partial charge is 0.486 e. The Balaban J connectivity index is 2.19. The van der Waals surface area contributed by atoms with Crippen LogP contribution in [0.1, 0.15) is 13.3 Å². The molecule has 5 heteroatoms. The Hall–Kier alpha value is -2.20. The number of carbonyl (C=O) groups is 1. The molecule has 1 amide bonds. The summed E-state index contributed by atoms with van der Waals surface area (Å²) in [6, 6.07) is 5.47. The summed E-state index contributed by atoms with van der Waals surface area (Å²) in [5, 5.41) is 0. The molecule has 0 aliphatic carbocycles. The molecule has 0 atom stereocenters. The highest BCUT2D eigenvalue weighted by Crippen LogP contribution is 2.34. The number of hydrogen-bond donors (Lipinski definition) is 0. The molecule has 1 aliphatic rings. The maximum Gasteiger partial charge on any atom is 0.242 e. The van der Waals surface area contributed by atoms with E-state index in [2.05, 4.69) is 13.5 Å². The average molecular weight is 348 g/mol. The zero-order valence-electron chi connectivity index (χ0n) is 13.8. The second kappa shape index (κ2) is 9.18. The number of carbonyl (C=O) groups excluding carboxylic acids is 1. The molecule has 0 fully saturated rings. The van der Waals surface area contributed by atoms with Crippen LogP contribution in [0.5, 0.6) is 11.5 Å². The lowest BCUT2D eigenvalue weighted by Crippen LogP contribution is -2.32. The number of fused-ring (bicyclic) bond motifs is 1. The van der Waals surface area contributed by atoms with Crippen molar-refractivity contribution >= 4 is 23.2 Å². The molecule has 1 aliphatic heterocycles. The van der Waals surface area contributed by atoms with Crippen LogP contribution in [0, 0.1) is 0 Å². The maximum atomic E-state index is 12.2. The molecule has 0 spiro atoms. The topological polar surface area (TPSA) is 38.8 Å². The van der Waals surface area contributed by atoms with Gasteiger partial charge in [0, 0.05) is 18.3 Å². The number of allylic oxidation sites excluding steroid dienone is 4. The van der Waals surface area contributed by atoms with Crippen molar-refractivity contribution in [1.29, 1.82) is 0 Å². The van der Waals surface area contributed by atoms with Gasteiger partial charge in [0.15, 0.2) is 11.5 Å². The molecule has 1 aromatic rings. The first-order chi connectivity index (χ1) is 11.7. The van der Waals surface area contributed by atoms with E-state index in [0.29, 0.717) is 31.3 Å². The lowest BCUT2D eigenvalue weighted by molar-refractivity contribution is -0.116. The Kier molecular flexibility index (Phi) is 6.94. The highest BCUT2D eigenvalue weighted by Gasteiger charge is 2.18. The summed E-state index contributed by atoms with van der Waals surface area (Å²) in [6.45, 7) is 7.25. The molecule has 0 radical (unpaired) electrons. The van der Waals surface area contributed by atoms with Gasteiger partial charge in [0.25, 0.3) is 0 Å². The van der Waals surface area contributed by atoms with Gasteiger partial charge in [0.1, 0.15) is 19.1 Å². The van der Waals surface area contributed by atoms with E-state index in [9.17, 15) is 4.79 Å². The van der Waals surface area contributed by atoms with Gasteiger partial charge in [0.05, 0.1) is 0 Å². The van der Waals surface area contributed by atoms with Gasteiger partial charge < -0.3 is 14.4 Å². The third kappa shape index (κ3) is 4.65. The Bertz CT molecular complexity index is 652. The summed E-state index contributed by atoms with van der Waals surface area (Å²) in [6.07, 6.45) is 8.55. The predicted molar refractivity (Wildman–Crippen MR) is 98.2 cm³/mol. The fourth-order valence-electron chi connectivity index (χ4n) is 2.38. The molecule has 4 nitrogen and oxygen atoms in total. The third-order valence-electron chi connectivity index (χ3n) is 3.61. The van der Waals surface area contributed by atoms with Crippen molar-refractivity contribution < 1.29 is 14.3 Å². The first kappa shape index (κ1) is 18.1. The summed E-state index contributed by atoms with van der Waals surface area (Å²) < 4.78 is 11.1. The fraction of sp³-hybridized carbons (Fsp3) is 0.316. The fourth-order valence-corrected chi connectivity index (χ4v) is 2.52. The lowest BCUT2D eigenvalue weighted by Gasteiger charge is -2.24. The van der Waals surface area contributed by atoms with Crippen LogP contribution in [0.4, 0.5) is 5.69 Å². The normalized spacial score (nSPS) is 13.8. The second-order valence-corrected chi connectivity index (χ2v) is 5.47. The van der Waals surface area contributed by atoms with E-state index < -0.39 is 0 Å². The van der Waals surface area contributed by atoms with Gasteiger partial charge >= 0.3 is 0 Å². The van der Waals surface area contributed by atoms with Crippen LogP contribution in [0.15, 0.2) is 54.7 Å². The van der Waals surface area contributed by atoms with Gasteiger partial charge in [-0.05, 0) is 24.1 Å². The monoisotopic (exact) mass is 347 g/mol. The van der Waals surface area contributed by atoms with Crippen LogP contribution in [0.3, 0.4) is 0 Å². The Morgan fingerprint density at radius 3 is 2.75 bits per heavy atom. The van der Waals surface area contributed by atoms with Gasteiger partial charge in [-0.15, -0.1) is 11.6 Å². The van der Waals surface area contributed by atoms with E-state index in [-0.39, 0.29) is 11.8 Å². The summed E-state index contributed by atoms with van der Waals surface area (Å²) in [4.78, 5) is 13.8. The number of rotatable bonds is 7. The van der Waals surface area contributed by atoms with Crippen molar-refractivity contribution in [2.75, 3.05) is 30.5 Å². The molecule has 128 valence electrons. The number of benzene rings is 1. The smallest absolute Gasteiger partial charge is 0.242 e. The van der Waals surface area contributed by atoms with Gasteiger partial charge in [-0.3, -0.25) is 4.79 Å². The summed E-state index contributed by atoms with van der Waals surface area (Å²) >= 11 is 5.76. The van der Waals surface area contributed by atoms with E-state index in [1.54, 1.807) is 11.0 Å². The highest BCUT2D eigenvalue weighted by molar-refractivity contribution is 6.29. The summed E-state index contributed by atoms with van der Waals surface area (Å²) in [5.41, 5.74) is 1.88. The van der Waals surface area contributed by atoms with Crippen LogP contribution >= 0.6 is 11.6 Å². The molecular weight excluding hydrogens is 326 g/mol. The molecular formula is C19H22ClNO3.